The smallest absolute Gasteiger partial charge is 0.281 e. The number of amides is 1. The normalized spacial score (nSPS) is 11.3. The number of carbonyl (C=O) groups excluding carboxylic acids is 1. The Bertz CT molecular complexity index is 1460. The van der Waals surface area contributed by atoms with Crippen molar-refractivity contribution >= 4 is 34.0 Å². The topological polar surface area (TPSA) is 103 Å². The molecule has 0 unspecified atom stereocenters. The van der Waals surface area contributed by atoms with Gasteiger partial charge in [0.05, 0.1) is 41.1 Å². The van der Waals surface area contributed by atoms with Crippen LogP contribution in [0.4, 0.5) is 14.5 Å². The van der Waals surface area contributed by atoms with Crippen molar-refractivity contribution in [1.29, 1.82) is 0 Å². The summed E-state index contributed by atoms with van der Waals surface area (Å²) in [6.07, 6.45) is 3.84. The number of hydrogen-bond acceptors (Lipinski definition) is 6. The first-order valence-electron chi connectivity index (χ1n) is 9.56. The lowest BCUT2D eigenvalue weighted by atomic mass is 10.1. The highest BCUT2D eigenvalue weighted by molar-refractivity contribution is 6.32. The fourth-order valence-electron chi connectivity index (χ4n) is 3.35. The molecule has 0 aliphatic rings. The Labute approximate surface area is 189 Å². The van der Waals surface area contributed by atoms with E-state index in [0.29, 0.717) is 5.39 Å². The molecule has 0 radical (unpaired) electrons. The maximum absolute atomic E-state index is 14.1. The van der Waals surface area contributed by atoms with E-state index < -0.39 is 18.0 Å². The van der Waals surface area contributed by atoms with Crippen LogP contribution in [0.2, 0.25) is 5.02 Å². The first-order chi connectivity index (χ1) is 16.0. The third kappa shape index (κ3) is 3.78. The average Bonchev–Trinajstić information content (AvgIpc) is 3.49. The summed E-state index contributed by atoms with van der Waals surface area (Å²) < 4.78 is 29.1. The molecule has 5 aromatic rings. The lowest BCUT2D eigenvalue weighted by molar-refractivity contribution is 0.100. The number of fused-ring (bicyclic) bond motifs is 1. The van der Waals surface area contributed by atoms with Crippen LogP contribution < -0.4 is 5.32 Å². The number of alkyl halides is 2. The highest BCUT2D eigenvalue weighted by Gasteiger charge is 2.27. The number of pyridine rings is 2. The molecule has 1 amide bonds. The van der Waals surface area contributed by atoms with Crippen molar-refractivity contribution in [3.8, 4) is 11.6 Å². The number of rotatable bonds is 5. The molecule has 5 rings (SSSR count). The molecule has 164 valence electrons. The van der Waals surface area contributed by atoms with Gasteiger partial charge in [0.2, 0.25) is 0 Å². The van der Waals surface area contributed by atoms with Crippen molar-refractivity contribution in [3.05, 3.63) is 83.7 Å². The molecule has 1 aromatic carbocycles. The second kappa shape index (κ2) is 8.36. The van der Waals surface area contributed by atoms with Crippen LogP contribution in [-0.4, -0.2) is 40.6 Å². The maximum atomic E-state index is 14.1. The second-order valence-electron chi connectivity index (χ2n) is 6.81. The lowest BCUT2D eigenvalue weighted by Gasteiger charge is -2.11. The quantitative estimate of drug-likeness (QED) is 0.415. The molecule has 4 aromatic heterocycles. The zero-order valence-electron chi connectivity index (χ0n) is 16.6. The van der Waals surface area contributed by atoms with Gasteiger partial charge in [-0.25, -0.2) is 23.4 Å². The van der Waals surface area contributed by atoms with Crippen molar-refractivity contribution in [1.82, 2.24) is 34.7 Å². The molecule has 9 nitrogen and oxygen atoms in total. The Morgan fingerprint density at radius 1 is 0.970 bits per heavy atom. The summed E-state index contributed by atoms with van der Waals surface area (Å²) in [5.41, 5.74) is -0.668. The molecular formula is C21H13ClF2N8O. The summed E-state index contributed by atoms with van der Waals surface area (Å²) in [6, 6.07) is 10.4. The number of hydrogen-bond donors (Lipinski definition) is 1. The monoisotopic (exact) mass is 466 g/mol. The summed E-state index contributed by atoms with van der Waals surface area (Å²) in [5, 5.41) is 16.0. The van der Waals surface area contributed by atoms with Gasteiger partial charge < -0.3 is 5.32 Å². The van der Waals surface area contributed by atoms with E-state index in [2.05, 4.69) is 30.6 Å². The largest absolute Gasteiger partial charge is 0.320 e. The number of anilines is 1. The van der Waals surface area contributed by atoms with Gasteiger partial charge in [-0.3, -0.25) is 4.79 Å². The van der Waals surface area contributed by atoms with Crippen molar-refractivity contribution < 1.29 is 13.6 Å². The maximum Gasteiger partial charge on any atom is 0.281 e. The molecule has 0 spiro atoms. The standard InChI is InChI=1S/C21H13ClF2N8O/c22-16-9-13(10-26-20(16)32-27-7-8-28-32)30-21(33)15-11-29-31(17(15)18(23)24)19-14-4-2-1-3-12(14)5-6-25-19/h1-11,18H,(H,30,33). The molecule has 0 aliphatic carbocycles. The van der Waals surface area contributed by atoms with Crippen LogP contribution in [0.1, 0.15) is 22.5 Å². The number of carbonyl (C=O) groups is 1. The Balaban J connectivity index is 1.49. The van der Waals surface area contributed by atoms with Gasteiger partial charge in [-0.1, -0.05) is 35.9 Å². The van der Waals surface area contributed by atoms with E-state index in [1.165, 1.54) is 35.7 Å². The summed E-state index contributed by atoms with van der Waals surface area (Å²) in [7, 11) is 0. The number of aromatic nitrogens is 7. The minimum atomic E-state index is -2.98. The van der Waals surface area contributed by atoms with Crippen LogP contribution >= 0.6 is 11.6 Å². The molecule has 0 saturated carbocycles. The lowest BCUT2D eigenvalue weighted by Crippen LogP contribution is -2.16. The third-order valence-electron chi connectivity index (χ3n) is 4.80. The molecule has 33 heavy (non-hydrogen) atoms. The Hall–Kier alpha value is -4.25. The molecule has 4 heterocycles. The van der Waals surface area contributed by atoms with Gasteiger partial charge in [-0.05, 0) is 17.5 Å². The number of nitrogens with one attached hydrogen (secondary N) is 1. The Morgan fingerprint density at radius 3 is 2.52 bits per heavy atom. The van der Waals surface area contributed by atoms with Crippen molar-refractivity contribution in [2.24, 2.45) is 0 Å². The van der Waals surface area contributed by atoms with Gasteiger partial charge in [0.15, 0.2) is 11.6 Å². The van der Waals surface area contributed by atoms with Gasteiger partial charge in [-0.2, -0.15) is 15.3 Å². The van der Waals surface area contributed by atoms with E-state index in [1.54, 1.807) is 18.2 Å². The average molecular weight is 467 g/mol. The Kier molecular flexibility index (Phi) is 5.23. The minimum Gasteiger partial charge on any atom is -0.320 e. The summed E-state index contributed by atoms with van der Waals surface area (Å²) >= 11 is 6.21. The van der Waals surface area contributed by atoms with Gasteiger partial charge in [0.1, 0.15) is 5.69 Å². The first-order valence-corrected chi connectivity index (χ1v) is 9.94. The van der Waals surface area contributed by atoms with Crippen LogP contribution in [-0.2, 0) is 0 Å². The van der Waals surface area contributed by atoms with Crippen LogP contribution in [0.15, 0.2) is 67.4 Å². The highest BCUT2D eigenvalue weighted by atomic mass is 35.5. The summed E-state index contributed by atoms with van der Waals surface area (Å²) in [4.78, 5) is 22.4. The zero-order chi connectivity index (χ0) is 22.9. The first kappa shape index (κ1) is 20.6. The van der Waals surface area contributed by atoms with E-state index in [-0.39, 0.29) is 27.9 Å². The third-order valence-corrected chi connectivity index (χ3v) is 5.08. The molecule has 0 atom stereocenters. The summed E-state index contributed by atoms with van der Waals surface area (Å²) in [6.45, 7) is 0. The van der Waals surface area contributed by atoms with Gasteiger partial charge >= 0.3 is 0 Å². The van der Waals surface area contributed by atoms with Crippen LogP contribution in [0.5, 0.6) is 0 Å². The minimum absolute atomic E-state index is 0.161. The number of halogens is 3. The number of nitrogens with zero attached hydrogens (tertiary/aromatic N) is 7. The SMILES string of the molecule is O=C(Nc1cnc(-n2nccn2)c(Cl)c1)c1cnn(-c2nccc3ccccc23)c1C(F)F. The fourth-order valence-corrected chi connectivity index (χ4v) is 3.60. The Morgan fingerprint density at radius 2 is 1.76 bits per heavy atom. The zero-order valence-corrected chi connectivity index (χ0v) is 17.4. The van der Waals surface area contributed by atoms with Gasteiger partial charge in [0, 0.05) is 11.6 Å². The van der Waals surface area contributed by atoms with E-state index in [9.17, 15) is 13.6 Å². The summed E-state index contributed by atoms with van der Waals surface area (Å²) in [5.74, 6) is -0.342. The van der Waals surface area contributed by atoms with Crippen molar-refractivity contribution in [3.63, 3.8) is 0 Å². The molecule has 12 heteroatoms. The highest BCUT2D eigenvalue weighted by Crippen LogP contribution is 2.29. The van der Waals surface area contributed by atoms with Crippen molar-refractivity contribution in [2.45, 2.75) is 6.43 Å². The predicted octanol–water partition coefficient (Wildman–Crippen LogP) is 4.24. The van der Waals surface area contributed by atoms with E-state index in [0.717, 1.165) is 16.3 Å². The predicted molar refractivity (Wildman–Crippen MR) is 116 cm³/mol. The molecule has 0 saturated heterocycles. The van der Waals surface area contributed by atoms with Gasteiger partial charge in [0.25, 0.3) is 12.3 Å². The van der Waals surface area contributed by atoms with E-state index >= 15 is 0 Å². The molecule has 0 aliphatic heterocycles. The van der Waals surface area contributed by atoms with Crippen LogP contribution in [0, 0.1) is 0 Å². The second-order valence-corrected chi connectivity index (χ2v) is 7.22. The van der Waals surface area contributed by atoms with Crippen LogP contribution in [0.25, 0.3) is 22.4 Å². The molecule has 1 N–H and O–H groups in total. The molecular weight excluding hydrogens is 454 g/mol. The van der Waals surface area contributed by atoms with Gasteiger partial charge in [-0.15, -0.1) is 4.80 Å². The number of benzene rings is 1. The van der Waals surface area contributed by atoms with Crippen molar-refractivity contribution in [2.75, 3.05) is 5.32 Å². The van der Waals surface area contributed by atoms with E-state index in [4.69, 9.17) is 11.6 Å². The van der Waals surface area contributed by atoms with E-state index in [1.807, 2.05) is 12.1 Å². The molecule has 0 bridgehead atoms. The van der Waals surface area contributed by atoms with Crippen LogP contribution in [0.3, 0.4) is 0 Å². The molecule has 0 fully saturated rings. The fraction of sp³-hybridized carbons (Fsp3) is 0.0476.